The highest BCUT2D eigenvalue weighted by atomic mass is 16.5. The van der Waals surface area contributed by atoms with Crippen molar-refractivity contribution in [1.82, 2.24) is 0 Å². The van der Waals surface area contributed by atoms with Crippen molar-refractivity contribution in [2.45, 2.75) is 46.6 Å². The normalized spacial score (nSPS) is 22.6. The molecule has 2 nitrogen and oxygen atoms in total. The van der Waals surface area contributed by atoms with E-state index < -0.39 is 0 Å². The Morgan fingerprint density at radius 3 is 1.69 bits per heavy atom. The molecule has 78 valence electrons. The Morgan fingerprint density at radius 2 is 1.62 bits per heavy atom. The molecule has 0 atom stereocenters. The number of ether oxygens (including phenoxy) is 1. The molecule has 0 amide bonds. The van der Waals surface area contributed by atoms with Crippen LogP contribution in [0.25, 0.3) is 0 Å². The molecular formula is C11H23NO. The fraction of sp³-hybridized carbons (Fsp3) is 1.00. The largest absolute Gasteiger partial charge is 0.380 e. The molecule has 0 unspecified atom stereocenters. The van der Waals surface area contributed by atoms with Gasteiger partial charge in [-0.15, -0.1) is 0 Å². The lowest BCUT2D eigenvalue weighted by Gasteiger charge is -2.53. The van der Waals surface area contributed by atoms with Crippen LogP contribution in [0.5, 0.6) is 0 Å². The van der Waals surface area contributed by atoms with Crippen LogP contribution in [0.15, 0.2) is 0 Å². The van der Waals surface area contributed by atoms with Gasteiger partial charge in [0.1, 0.15) is 0 Å². The Kier molecular flexibility index (Phi) is 2.50. The Morgan fingerprint density at radius 1 is 1.15 bits per heavy atom. The number of hydrogen-bond donors (Lipinski definition) is 1. The van der Waals surface area contributed by atoms with Gasteiger partial charge in [-0.3, -0.25) is 0 Å². The molecule has 1 heterocycles. The Bertz CT molecular complexity index is 181. The zero-order chi connectivity index (χ0) is 10.3. The zero-order valence-corrected chi connectivity index (χ0v) is 9.61. The molecule has 13 heavy (non-hydrogen) atoms. The summed E-state index contributed by atoms with van der Waals surface area (Å²) < 4.78 is 5.36. The lowest BCUT2D eigenvalue weighted by atomic mass is 9.60. The Balaban J connectivity index is 2.72. The lowest BCUT2D eigenvalue weighted by Crippen LogP contribution is -2.56. The van der Waals surface area contributed by atoms with Crippen LogP contribution in [-0.4, -0.2) is 18.8 Å². The highest BCUT2D eigenvalue weighted by Crippen LogP contribution is 2.49. The summed E-state index contributed by atoms with van der Waals surface area (Å²) in [5, 5.41) is 0. The van der Waals surface area contributed by atoms with E-state index in [4.69, 9.17) is 10.5 Å². The topological polar surface area (TPSA) is 35.2 Å². The molecule has 0 aromatic heterocycles. The fourth-order valence-corrected chi connectivity index (χ4v) is 2.02. The number of rotatable bonds is 2. The second-order valence-electron chi connectivity index (χ2n) is 6.19. The summed E-state index contributed by atoms with van der Waals surface area (Å²) in [5.41, 5.74) is 6.58. The van der Waals surface area contributed by atoms with Crippen molar-refractivity contribution in [3.63, 3.8) is 0 Å². The molecule has 0 radical (unpaired) electrons. The molecule has 1 fully saturated rings. The van der Waals surface area contributed by atoms with E-state index >= 15 is 0 Å². The second kappa shape index (κ2) is 2.96. The monoisotopic (exact) mass is 185 g/mol. The van der Waals surface area contributed by atoms with Crippen LogP contribution in [0.2, 0.25) is 0 Å². The summed E-state index contributed by atoms with van der Waals surface area (Å²) in [4.78, 5) is 0. The molecule has 1 rings (SSSR count). The standard InChI is InChI=1S/C11H23NO/c1-9(2,3)11(7-13-8-11)6-10(4,5)12/h6-8,12H2,1-5H3. The third-order valence-corrected chi connectivity index (χ3v) is 3.14. The van der Waals surface area contributed by atoms with Crippen molar-refractivity contribution < 1.29 is 4.74 Å². The third-order valence-electron chi connectivity index (χ3n) is 3.14. The molecule has 2 N–H and O–H groups in total. The summed E-state index contributed by atoms with van der Waals surface area (Å²) in [5.74, 6) is 0. The van der Waals surface area contributed by atoms with Crippen LogP contribution in [0.3, 0.4) is 0 Å². The van der Waals surface area contributed by atoms with E-state index in [0.717, 1.165) is 19.6 Å². The van der Waals surface area contributed by atoms with Crippen LogP contribution in [0.4, 0.5) is 0 Å². The average molecular weight is 185 g/mol. The van der Waals surface area contributed by atoms with Crippen LogP contribution in [0, 0.1) is 10.8 Å². The summed E-state index contributed by atoms with van der Waals surface area (Å²) in [6, 6.07) is 0. The van der Waals surface area contributed by atoms with Crippen LogP contribution in [-0.2, 0) is 4.74 Å². The molecule has 1 saturated heterocycles. The molecule has 1 aliphatic rings. The average Bonchev–Trinajstić information content (AvgIpc) is 1.73. The van der Waals surface area contributed by atoms with E-state index in [1.54, 1.807) is 0 Å². The van der Waals surface area contributed by atoms with Gasteiger partial charge in [0.15, 0.2) is 0 Å². The van der Waals surface area contributed by atoms with Gasteiger partial charge in [0, 0.05) is 11.0 Å². The van der Waals surface area contributed by atoms with Crippen molar-refractivity contribution in [3.8, 4) is 0 Å². The van der Waals surface area contributed by atoms with Crippen molar-refractivity contribution in [2.24, 2.45) is 16.6 Å². The first-order chi connectivity index (χ1) is 5.66. The van der Waals surface area contributed by atoms with Gasteiger partial charge >= 0.3 is 0 Å². The minimum atomic E-state index is -0.0863. The summed E-state index contributed by atoms with van der Waals surface area (Å²) in [6.07, 6.45) is 1.05. The van der Waals surface area contributed by atoms with Gasteiger partial charge < -0.3 is 10.5 Å². The van der Waals surface area contributed by atoms with Gasteiger partial charge in [-0.2, -0.15) is 0 Å². The third kappa shape index (κ3) is 2.23. The molecule has 0 saturated carbocycles. The maximum absolute atomic E-state index is 6.07. The molecular weight excluding hydrogens is 162 g/mol. The first kappa shape index (κ1) is 11.0. The molecule has 0 aromatic rings. The van der Waals surface area contributed by atoms with Gasteiger partial charge in [0.2, 0.25) is 0 Å². The highest BCUT2D eigenvalue weighted by molar-refractivity contribution is 4.99. The van der Waals surface area contributed by atoms with Gasteiger partial charge in [0.05, 0.1) is 13.2 Å². The van der Waals surface area contributed by atoms with Gasteiger partial charge in [-0.1, -0.05) is 20.8 Å². The SMILES string of the molecule is CC(C)(N)CC1(C(C)(C)C)COC1. The van der Waals surface area contributed by atoms with Crippen LogP contribution >= 0.6 is 0 Å². The molecule has 0 bridgehead atoms. The van der Waals surface area contributed by atoms with Crippen molar-refractivity contribution >= 4 is 0 Å². The maximum atomic E-state index is 6.07. The van der Waals surface area contributed by atoms with E-state index in [1.807, 2.05) is 0 Å². The van der Waals surface area contributed by atoms with Crippen molar-refractivity contribution in [1.29, 1.82) is 0 Å². The van der Waals surface area contributed by atoms with E-state index in [2.05, 4.69) is 34.6 Å². The lowest BCUT2D eigenvalue weighted by molar-refractivity contribution is -0.181. The molecule has 1 aliphatic heterocycles. The van der Waals surface area contributed by atoms with Crippen LogP contribution < -0.4 is 5.73 Å². The molecule has 0 aliphatic carbocycles. The quantitative estimate of drug-likeness (QED) is 0.715. The maximum Gasteiger partial charge on any atom is 0.0550 e. The first-order valence-corrected chi connectivity index (χ1v) is 5.03. The minimum Gasteiger partial charge on any atom is -0.380 e. The van der Waals surface area contributed by atoms with Gasteiger partial charge in [0.25, 0.3) is 0 Å². The van der Waals surface area contributed by atoms with Crippen molar-refractivity contribution in [2.75, 3.05) is 13.2 Å². The molecule has 0 spiro atoms. The van der Waals surface area contributed by atoms with Crippen LogP contribution in [0.1, 0.15) is 41.0 Å². The summed E-state index contributed by atoms with van der Waals surface area (Å²) in [7, 11) is 0. The zero-order valence-electron chi connectivity index (χ0n) is 9.61. The summed E-state index contributed by atoms with van der Waals surface area (Å²) in [6.45, 7) is 12.8. The smallest absolute Gasteiger partial charge is 0.0550 e. The fourth-order valence-electron chi connectivity index (χ4n) is 2.02. The number of hydrogen-bond acceptors (Lipinski definition) is 2. The van der Waals surface area contributed by atoms with E-state index in [0.29, 0.717) is 10.8 Å². The Hall–Kier alpha value is -0.0800. The molecule has 0 aromatic carbocycles. The molecule has 2 heteroatoms. The van der Waals surface area contributed by atoms with Crippen molar-refractivity contribution in [3.05, 3.63) is 0 Å². The second-order valence-corrected chi connectivity index (χ2v) is 6.19. The van der Waals surface area contributed by atoms with Gasteiger partial charge in [-0.05, 0) is 25.7 Å². The first-order valence-electron chi connectivity index (χ1n) is 5.03. The van der Waals surface area contributed by atoms with E-state index in [-0.39, 0.29) is 5.54 Å². The van der Waals surface area contributed by atoms with E-state index in [9.17, 15) is 0 Å². The summed E-state index contributed by atoms with van der Waals surface area (Å²) >= 11 is 0. The predicted molar refractivity (Wildman–Crippen MR) is 55.6 cm³/mol. The van der Waals surface area contributed by atoms with Gasteiger partial charge in [-0.25, -0.2) is 0 Å². The highest BCUT2D eigenvalue weighted by Gasteiger charge is 2.50. The Labute approximate surface area is 81.8 Å². The minimum absolute atomic E-state index is 0.0863. The van der Waals surface area contributed by atoms with E-state index in [1.165, 1.54) is 0 Å². The predicted octanol–water partition coefficient (Wildman–Crippen LogP) is 2.18. The number of nitrogens with two attached hydrogens (primary N) is 1.